The predicted octanol–water partition coefficient (Wildman–Crippen LogP) is 3.73. The molecule has 0 atom stereocenters. The predicted molar refractivity (Wildman–Crippen MR) is 112 cm³/mol. The summed E-state index contributed by atoms with van der Waals surface area (Å²) in [6.45, 7) is 1.30. The van der Waals surface area contributed by atoms with Gasteiger partial charge in [-0.3, -0.25) is 9.59 Å². The number of carbonyl (C=O) groups excluding carboxylic acids is 2. The zero-order valence-corrected chi connectivity index (χ0v) is 17.5. The zero-order chi connectivity index (χ0) is 20.9. The van der Waals surface area contributed by atoms with E-state index in [0.717, 1.165) is 17.7 Å². The zero-order valence-electron chi connectivity index (χ0n) is 16.7. The summed E-state index contributed by atoms with van der Waals surface area (Å²) in [5, 5.41) is 8.73. The van der Waals surface area contributed by atoms with Crippen molar-refractivity contribution in [3.8, 4) is 5.75 Å². The van der Waals surface area contributed by atoms with E-state index in [1.807, 2.05) is 17.5 Å². The Morgan fingerprint density at radius 3 is 2.83 bits per heavy atom. The second-order valence-electron chi connectivity index (χ2n) is 7.30. The van der Waals surface area contributed by atoms with E-state index in [1.54, 1.807) is 53.7 Å². The van der Waals surface area contributed by atoms with Gasteiger partial charge in [0.2, 0.25) is 0 Å². The van der Waals surface area contributed by atoms with Gasteiger partial charge in [-0.2, -0.15) is 0 Å². The number of ether oxygens (including phenoxy) is 1. The smallest absolute Gasteiger partial charge is 0.273 e. The molecule has 0 saturated heterocycles. The third-order valence-corrected chi connectivity index (χ3v) is 5.78. The summed E-state index contributed by atoms with van der Waals surface area (Å²) >= 11 is 1.58. The molecule has 2 heterocycles. The van der Waals surface area contributed by atoms with E-state index < -0.39 is 0 Å². The topological polar surface area (TPSA) is 84.7 Å². The Morgan fingerprint density at radius 1 is 1.23 bits per heavy atom. The molecule has 0 spiro atoms. The lowest BCUT2D eigenvalue weighted by atomic mass is 10.1. The van der Waals surface area contributed by atoms with Crippen LogP contribution in [0, 0.1) is 5.92 Å². The van der Waals surface area contributed by atoms with Crippen molar-refractivity contribution in [3.05, 3.63) is 69.7 Å². The number of carbonyl (C=O) groups is 2. The summed E-state index contributed by atoms with van der Waals surface area (Å²) in [5.41, 5.74) is 0.753. The van der Waals surface area contributed by atoms with Crippen LogP contribution in [0.1, 0.15) is 44.3 Å². The summed E-state index contributed by atoms with van der Waals surface area (Å²) in [4.78, 5) is 28.2. The van der Waals surface area contributed by atoms with E-state index in [0.29, 0.717) is 36.1 Å². The van der Waals surface area contributed by atoms with Crippen molar-refractivity contribution >= 4 is 23.2 Å². The minimum atomic E-state index is -0.249. The SMILES string of the molecule is COc1cccc(C(=O)N(Cc2cc(C(=O)NCC3CC3)no2)Cc2cccs2)c1. The van der Waals surface area contributed by atoms with Gasteiger partial charge in [-0.15, -0.1) is 11.3 Å². The van der Waals surface area contributed by atoms with E-state index in [9.17, 15) is 9.59 Å². The van der Waals surface area contributed by atoms with Crippen molar-refractivity contribution < 1.29 is 18.8 Å². The summed E-state index contributed by atoms with van der Waals surface area (Å²) < 4.78 is 10.6. The number of benzene rings is 1. The number of thiophene rings is 1. The first kappa shape index (κ1) is 20.2. The number of amides is 2. The van der Waals surface area contributed by atoms with E-state index >= 15 is 0 Å². The number of rotatable bonds is 9. The molecule has 8 heteroatoms. The number of nitrogens with one attached hydrogen (secondary N) is 1. The quantitative estimate of drug-likeness (QED) is 0.565. The first-order valence-electron chi connectivity index (χ1n) is 9.82. The van der Waals surface area contributed by atoms with Crippen molar-refractivity contribution in [3.63, 3.8) is 0 Å². The first-order valence-corrected chi connectivity index (χ1v) is 10.7. The van der Waals surface area contributed by atoms with Gasteiger partial charge in [-0.25, -0.2) is 0 Å². The molecule has 0 aliphatic heterocycles. The first-order chi connectivity index (χ1) is 14.6. The molecule has 3 aromatic rings. The van der Waals surface area contributed by atoms with Gasteiger partial charge >= 0.3 is 0 Å². The van der Waals surface area contributed by atoms with Crippen LogP contribution in [0.4, 0.5) is 0 Å². The largest absolute Gasteiger partial charge is 0.497 e. The van der Waals surface area contributed by atoms with Crippen molar-refractivity contribution in [2.45, 2.75) is 25.9 Å². The summed E-state index contributed by atoms with van der Waals surface area (Å²) in [5.74, 6) is 1.26. The maximum Gasteiger partial charge on any atom is 0.273 e. The lowest BCUT2D eigenvalue weighted by molar-refractivity contribution is 0.0714. The van der Waals surface area contributed by atoms with E-state index in [2.05, 4.69) is 10.5 Å². The van der Waals surface area contributed by atoms with Crippen LogP contribution in [-0.2, 0) is 13.1 Å². The monoisotopic (exact) mass is 425 g/mol. The molecule has 1 saturated carbocycles. The lowest BCUT2D eigenvalue weighted by Gasteiger charge is -2.21. The Bertz CT molecular complexity index is 1010. The Kier molecular flexibility index (Phi) is 6.13. The number of methoxy groups -OCH3 is 1. The Hall–Kier alpha value is -3.13. The molecule has 0 radical (unpaired) electrons. The summed E-state index contributed by atoms with van der Waals surface area (Å²) in [6, 6.07) is 12.6. The molecular weight excluding hydrogens is 402 g/mol. The molecule has 30 heavy (non-hydrogen) atoms. The highest BCUT2D eigenvalue weighted by Gasteiger charge is 2.24. The van der Waals surface area contributed by atoms with Crippen LogP contribution < -0.4 is 10.1 Å². The standard InChI is InChI=1S/C22H23N3O4S/c1-28-17-5-2-4-16(10-17)22(27)25(14-19-6-3-9-30-19)13-18-11-20(24-29-18)21(26)23-12-15-7-8-15/h2-6,9-11,15H,7-8,12-14H2,1H3,(H,23,26). The second-order valence-corrected chi connectivity index (χ2v) is 8.34. The number of hydrogen-bond donors (Lipinski definition) is 1. The molecule has 1 fully saturated rings. The fourth-order valence-electron chi connectivity index (χ4n) is 3.06. The second kappa shape index (κ2) is 9.13. The van der Waals surface area contributed by atoms with E-state index in [-0.39, 0.29) is 24.1 Å². The van der Waals surface area contributed by atoms with Crippen LogP contribution in [0.25, 0.3) is 0 Å². The van der Waals surface area contributed by atoms with Gasteiger partial charge in [0.25, 0.3) is 11.8 Å². The summed E-state index contributed by atoms with van der Waals surface area (Å²) in [6.07, 6.45) is 2.32. The minimum absolute atomic E-state index is 0.154. The fraction of sp³-hybridized carbons (Fsp3) is 0.318. The van der Waals surface area contributed by atoms with E-state index in [1.165, 1.54) is 0 Å². The molecule has 1 aliphatic carbocycles. The van der Waals surface area contributed by atoms with Crippen LogP contribution >= 0.6 is 11.3 Å². The van der Waals surface area contributed by atoms with Crippen LogP contribution in [0.15, 0.2) is 52.4 Å². The van der Waals surface area contributed by atoms with Crippen molar-refractivity contribution in [2.24, 2.45) is 5.92 Å². The van der Waals surface area contributed by atoms with Gasteiger partial charge in [0, 0.05) is 23.1 Å². The fourth-order valence-corrected chi connectivity index (χ4v) is 3.78. The molecule has 2 amide bonds. The number of hydrogen-bond acceptors (Lipinski definition) is 6. The van der Waals surface area contributed by atoms with E-state index in [4.69, 9.17) is 9.26 Å². The van der Waals surface area contributed by atoms with Gasteiger partial charge in [0.05, 0.1) is 20.2 Å². The van der Waals surface area contributed by atoms with Crippen LogP contribution in [0.3, 0.4) is 0 Å². The Labute approximate surface area is 178 Å². The third kappa shape index (κ3) is 5.07. The minimum Gasteiger partial charge on any atom is -0.497 e. The molecule has 4 rings (SSSR count). The third-order valence-electron chi connectivity index (χ3n) is 4.92. The van der Waals surface area contributed by atoms with Crippen molar-refractivity contribution in [1.29, 1.82) is 0 Å². The maximum absolute atomic E-state index is 13.2. The van der Waals surface area contributed by atoms with Crippen LogP contribution in [0.2, 0.25) is 0 Å². The van der Waals surface area contributed by atoms with Gasteiger partial charge in [0.1, 0.15) is 5.75 Å². The van der Waals surface area contributed by atoms with Gasteiger partial charge in [-0.1, -0.05) is 17.3 Å². The average Bonchev–Trinajstić information content (AvgIpc) is 3.23. The Balaban J connectivity index is 1.49. The maximum atomic E-state index is 13.2. The van der Waals surface area contributed by atoms with Gasteiger partial charge in [0.15, 0.2) is 11.5 Å². The van der Waals surface area contributed by atoms with Crippen LogP contribution in [0.5, 0.6) is 5.75 Å². The summed E-state index contributed by atoms with van der Waals surface area (Å²) in [7, 11) is 1.57. The highest BCUT2D eigenvalue weighted by atomic mass is 32.1. The number of aromatic nitrogens is 1. The molecule has 1 aromatic carbocycles. The molecule has 1 N–H and O–H groups in total. The molecule has 2 aromatic heterocycles. The molecule has 0 unspecified atom stereocenters. The lowest BCUT2D eigenvalue weighted by Crippen LogP contribution is -2.29. The molecule has 7 nitrogen and oxygen atoms in total. The number of nitrogens with zero attached hydrogens (tertiary/aromatic N) is 2. The normalized spacial score (nSPS) is 13.1. The molecular formula is C22H23N3O4S. The molecule has 0 bridgehead atoms. The molecule has 156 valence electrons. The Morgan fingerprint density at radius 2 is 2.10 bits per heavy atom. The van der Waals surface area contributed by atoms with Gasteiger partial charge in [-0.05, 0) is 48.4 Å². The highest BCUT2D eigenvalue weighted by Crippen LogP contribution is 2.27. The van der Waals surface area contributed by atoms with Gasteiger partial charge < -0.3 is 19.5 Å². The van der Waals surface area contributed by atoms with Crippen LogP contribution in [-0.4, -0.2) is 35.5 Å². The highest BCUT2D eigenvalue weighted by molar-refractivity contribution is 7.09. The average molecular weight is 426 g/mol. The van der Waals surface area contributed by atoms with Crippen molar-refractivity contribution in [2.75, 3.05) is 13.7 Å². The van der Waals surface area contributed by atoms with Crippen molar-refractivity contribution in [1.82, 2.24) is 15.4 Å². The molecule has 1 aliphatic rings.